The van der Waals surface area contributed by atoms with Crippen molar-refractivity contribution in [1.82, 2.24) is 0 Å². The highest BCUT2D eigenvalue weighted by atomic mass is 31.2. The molecule has 0 heterocycles. The minimum absolute atomic E-state index is 0.107. The third-order valence-electron chi connectivity index (χ3n) is 20.1. The number of hydrogen-bond donors (Lipinski definition) is 3. The van der Waals surface area contributed by atoms with Crippen LogP contribution in [0.3, 0.4) is 0 Å². The maximum absolute atomic E-state index is 13.1. The van der Waals surface area contributed by atoms with Crippen LogP contribution in [0.15, 0.2) is 0 Å². The van der Waals surface area contributed by atoms with Crippen molar-refractivity contribution in [2.45, 2.75) is 465 Å². The Labute approximate surface area is 645 Å². The number of ether oxygens (including phenoxy) is 4. The fourth-order valence-electron chi connectivity index (χ4n) is 13.3. The molecule has 0 saturated heterocycles. The zero-order valence-corrected chi connectivity index (χ0v) is 71.2. The number of rotatable bonds is 83. The average Bonchev–Trinajstić information content (AvgIpc) is 0.937. The third-order valence-corrected chi connectivity index (χ3v) is 22.0. The summed E-state index contributed by atoms with van der Waals surface area (Å²) in [7, 11) is -9.93. The number of carbonyl (C=O) groups is 4. The smallest absolute Gasteiger partial charge is 0.462 e. The van der Waals surface area contributed by atoms with E-state index in [9.17, 15) is 43.2 Å². The average molecular weight is 1540 g/mol. The van der Waals surface area contributed by atoms with Gasteiger partial charge in [0.1, 0.15) is 19.3 Å². The van der Waals surface area contributed by atoms with Crippen molar-refractivity contribution in [2.24, 2.45) is 23.7 Å². The standard InChI is InChI=1S/C86H168O17P2/c1-76(2)62-54-46-38-32-26-21-17-13-9-11-15-19-23-29-35-41-50-58-66-83(88)96-72-81(102-86(91)69-61-53-43-37-31-25-28-34-40-48-56-64-78(5)6)74-100-104(92,93)98-70-80(87)71-99-105(94,95)101-75-82(73-97-84(89)67-59-51-45-44-49-57-65-79(7)8)103-85(90)68-60-52-42-36-30-24-20-16-12-10-14-18-22-27-33-39-47-55-63-77(3)4/h76-82,87H,9-75H2,1-8H3,(H,92,93)(H,94,95)/t80?,81-,82-/m1/s1. The van der Waals surface area contributed by atoms with Gasteiger partial charge in [-0.2, -0.15) is 0 Å². The van der Waals surface area contributed by atoms with Crippen LogP contribution in [-0.2, 0) is 65.4 Å². The molecule has 19 heteroatoms. The molecule has 105 heavy (non-hydrogen) atoms. The summed E-state index contributed by atoms with van der Waals surface area (Å²) in [6.45, 7) is 14.3. The molecule has 624 valence electrons. The van der Waals surface area contributed by atoms with Crippen molar-refractivity contribution in [1.29, 1.82) is 0 Å². The number of unbranched alkanes of at least 4 members (excludes halogenated alkanes) is 49. The van der Waals surface area contributed by atoms with Gasteiger partial charge in [0, 0.05) is 25.7 Å². The Morgan fingerprint density at radius 2 is 0.400 bits per heavy atom. The van der Waals surface area contributed by atoms with Crippen molar-refractivity contribution in [2.75, 3.05) is 39.6 Å². The molecule has 0 bridgehead atoms. The van der Waals surface area contributed by atoms with Gasteiger partial charge < -0.3 is 33.8 Å². The van der Waals surface area contributed by atoms with Crippen molar-refractivity contribution in [3.05, 3.63) is 0 Å². The van der Waals surface area contributed by atoms with Gasteiger partial charge in [-0.25, -0.2) is 9.13 Å². The molecule has 0 aliphatic rings. The van der Waals surface area contributed by atoms with Crippen LogP contribution in [0.1, 0.15) is 447 Å². The third kappa shape index (κ3) is 79.9. The maximum Gasteiger partial charge on any atom is 0.472 e. The number of aliphatic hydroxyl groups is 1. The van der Waals surface area contributed by atoms with E-state index in [4.69, 9.17) is 37.0 Å². The number of esters is 4. The molecule has 0 fully saturated rings. The number of aliphatic hydroxyl groups excluding tert-OH is 1. The van der Waals surface area contributed by atoms with Crippen LogP contribution in [0.4, 0.5) is 0 Å². The first-order chi connectivity index (χ1) is 50.6. The molecule has 0 aromatic carbocycles. The van der Waals surface area contributed by atoms with Crippen molar-refractivity contribution < 1.29 is 80.2 Å². The molecular weight excluding hydrogens is 1370 g/mol. The predicted octanol–water partition coefficient (Wildman–Crippen LogP) is 25.9. The first kappa shape index (κ1) is 103. The second-order valence-electron chi connectivity index (χ2n) is 32.8. The van der Waals surface area contributed by atoms with Gasteiger partial charge in [-0.3, -0.25) is 37.3 Å². The van der Waals surface area contributed by atoms with Crippen molar-refractivity contribution in [3.8, 4) is 0 Å². The van der Waals surface area contributed by atoms with Gasteiger partial charge in [0.15, 0.2) is 12.2 Å². The maximum atomic E-state index is 13.1. The molecule has 0 aromatic heterocycles. The molecule has 3 N–H and O–H groups in total. The fraction of sp³-hybridized carbons (Fsp3) is 0.953. The monoisotopic (exact) mass is 1540 g/mol. The highest BCUT2D eigenvalue weighted by Gasteiger charge is 2.30. The van der Waals surface area contributed by atoms with Crippen LogP contribution in [0, 0.1) is 23.7 Å². The lowest BCUT2D eigenvalue weighted by Gasteiger charge is -2.21. The molecule has 17 nitrogen and oxygen atoms in total. The lowest BCUT2D eigenvalue weighted by atomic mass is 10.0. The van der Waals surface area contributed by atoms with Crippen LogP contribution in [0.2, 0.25) is 0 Å². The van der Waals surface area contributed by atoms with Gasteiger partial charge >= 0.3 is 39.5 Å². The molecule has 0 amide bonds. The Balaban J connectivity index is 5.16. The zero-order chi connectivity index (χ0) is 77.4. The first-order valence-electron chi connectivity index (χ1n) is 44.2. The lowest BCUT2D eigenvalue weighted by molar-refractivity contribution is -0.161. The Morgan fingerprint density at radius 3 is 0.590 bits per heavy atom. The molecule has 0 saturated carbocycles. The molecule has 0 aliphatic carbocycles. The Morgan fingerprint density at radius 1 is 0.238 bits per heavy atom. The zero-order valence-electron chi connectivity index (χ0n) is 69.4. The second kappa shape index (κ2) is 74.8. The highest BCUT2D eigenvalue weighted by Crippen LogP contribution is 2.45. The van der Waals surface area contributed by atoms with E-state index >= 15 is 0 Å². The van der Waals surface area contributed by atoms with Crippen LogP contribution in [0.25, 0.3) is 0 Å². The number of carbonyl (C=O) groups excluding carboxylic acids is 4. The van der Waals surface area contributed by atoms with Crippen molar-refractivity contribution in [3.63, 3.8) is 0 Å². The Hall–Kier alpha value is -1.94. The van der Waals surface area contributed by atoms with E-state index in [0.717, 1.165) is 114 Å². The molecular formula is C86H168O17P2. The summed E-state index contributed by atoms with van der Waals surface area (Å²) >= 11 is 0. The lowest BCUT2D eigenvalue weighted by Crippen LogP contribution is -2.30. The summed E-state index contributed by atoms with van der Waals surface area (Å²) in [6, 6.07) is 0. The minimum atomic E-state index is -4.96. The van der Waals surface area contributed by atoms with Crippen LogP contribution in [-0.4, -0.2) is 96.7 Å². The van der Waals surface area contributed by atoms with E-state index in [1.54, 1.807) is 0 Å². The van der Waals surface area contributed by atoms with Crippen LogP contribution >= 0.6 is 15.6 Å². The summed E-state index contributed by atoms with van der Waals surface area (Å²) < 4.78 is 68.8. The van der Waals surface area contributed by atoms with E-state index in [1.807, 2.05) is 0 Å². The SMILES string of the molecule is CC(C)CCCCCCCCCCCCCCCCCCCCC(=O)OC[C@H](COP(=O)(O)OCC(O)COP(=O)(O)OC[C@@H](COC(=O)CCCCCCCCC(C)C)OC(=O)CCCCCCCCCCCCCCCCCCCCC(C)C)OC(=O)CCCCCCCCCCCCCC(C)C. The van der Waals surface area contributed by atoms with Crippen molar-refractivity contribution >= 4 is 39.5 Å². The molecule has 5 atom stereocenters. The summed E-state index contributed by atoms with van der Waals surface area (Å²) in [5.41, 5.74) is 0. The Bertz CT molecular complexity index is 2040. The minimum Gasteiger partial charge on any atom is -0.462 e. The predicted molar refractivity (Wildman–Crippen MR) is 432 cm³/mol. The highest BCUT2D eigenvalue weighted by molar-refractivity contribution is 7.47. The van der Waals surface area contributed by atoms with E-state index in [2.05, 4.69) is 55.4 Å². The topological polar surface area (TPSA) is 237 Å². The van der Waals surface area contributed by atoms with Gasteiger partial charge in [0.25, 0.3) is 0 Å². The summed E-state index contributed by atoms with van der Waals surface area (Å²) in [4.78, 5) is 73.1. The van der Waals surface area contributed by atoms with E-state index < -0.39 is 97.5 Å². The molecule has 0 spiro atoms. The molecule has 0 rings (SSSR count). The number of phosphoric acid groups is 2. The van der Waals surface area contributed by atoms with Gasteiger partial charge in [0.2, 0.25) is 0 Å². The first-order valence-corrected chi connectivity index (χ1v) is 47.2. The summed E-state index contributed by atoms with van der Waals surface area (Å²) in [6.07, 6.45) is 64.2. The second-order valence-corrected chi connectivity index (χ2v) is 35.7. The largest absolute Gasteiger partial charge is 0.472 e. The summed E-state index contributed by atoms with van der Waals surface area (Å²) in [5.74, 6) is 0.977. The number of hydrogen-bond acceptors (Lipinski definition) is 15. The fourth-order valence-corrected chi connectivity index (χ4v) is 14.9. The van der Waals surface area contributed by atoms with E-state index in [1.165, 1.54) is 244 Å². The van der Waals surface area contributed by atoms with Crippen LogP contribution in [0.5, 0.6) is 0 Å². The van der Waals surface area contributed by atoms with Gasteiger partial charge in [-0.1, -0.05) is 396 Å². The van der Waals surface area contributed by atoms with Gasteiger partial charge in [-0.05, 0) is 49.4 Å². The molecule has 3 unspecified atom stereocenters. The van der Waals surface area contributed by atoms with Gasteiger partial charge in [-0.15, -0.1) is 0 Å². The Kier molecular flexibility index (Phi) is 73.4. The molecule has 0 aromatic rings. The van der Waals surface area contributed by atoms with Gasteiger partial charge in [0.05, 0.1) is 26.4 Å². The molecule has 0 radical (unpaired) electrons. The summed E-state index contributed by atoms with van der Waals surface area (Å²) in [5, 5.41) is 10.7. The molecule has 0 aliphatic heterocycles. The normalized spacial score (nSPS) is 13.9. The quantitative estimate of drug-likeness (QED) is 0.0222. The van der Waals surface area contributed by atoms with E-state index in [0.29, 0.717) is 31.6 Å². The van der Waals surface area contributed by atoms with Crippen LogP contribution < -0.4 is 0 Å². The van der Waals surface area contributed by atoms with E-state index in [-0.39, 0.29) is 25.7 Å². The number of phosphoric ester groups is 2.